The van der Waals surface area contributed by atoms with Crippen molar-refractivity contribution in [2.45, 2.75) is 76.0 Å². The Labute approximate surface area is 498 Å². The molecule has 18 rings (SSSR count). The number of hydrogen-bond donors (Lipinski definition) is 0. The maximum atomic E-state index is 2.35. The maximum absolute atomic E-state index is 2.35. The van der Waals surface area contributed by atoms with Crippen molar-refractivity contribution < 1.29 is 0 Å². The van der Waals surface area contributed by atoms with Crippen LogP contribution in [-0.4, -0.2) is 0 Å². The molecule has 0 heteroatoms. The standard InChI is InChI=1S/C25H16.C25H18.C17H16.C15H14.2CH4/c1-5-13-21-17(9-1)18-10-2-6-14-22(18)25(21)23-15-7-3-11-19(23)20-12-4-8-16-24(20)25;1-3-11-19(12-4-1)25(20-13-5-2-6-14-20)23-17-9-7-15-21(23)22-16-8-10-18-24(22)25;1-3-9-15-13(7-1)14-8-2-4-10-16(14)17(15)11-5-6-12-17;1-15(2)13-9-5-3-7-11(13)12-8-4-6-10-14(12)15;;/h1-16H;1-18H;1-4,7-10H,5-6,11-12H2;3-10H,1-2H3;2*1H4. The predicted octanol–water partition coefficient (Wildman–Crippen LogP) is 21.9. The van der Waals surface area contributed by atoms with Gasteiger partial charge in [-0.2, -0.15) is 0 Å². The molecule has 1 fully saturated rings. The zero-order valence-electron chi connectivity index (χ0n) is 46.7. The second-order valence-electron chi connectivity index (χ2n) is 23.6. The largest absolute Gasteiger partial charge is 0.0776 e. The van der Waals surface area contributed by atoms with Gasteiger partial charge in [-0.05, 0) is 135 Å². The van der Waals surface area contributed by atoms with Crippen molar-refractivity contribution in [1.82, 2.24) is 0 Å². The summed E-state index contributed by atoms with van der Waals surface area (Å²) in [5.41, 5.74) is 31.1. The highest BCUT2D eigenvalue weighted by Crippen LogP contribution is 2.63. The Kier molecular flexibility index (Phi) is 13.8. The highest BCUT2D eigenvalue weighted by atomic mass is 14.5. The first kappa shape index (κ1) is 53.9. The summed E-state index contributed by atoms with van der Waals surface area (Å²) < 4.78 is 0. The molecule has 0 heterocycles. The van der Waals surface area contributed by atoms with Crippen molar-refractivity contribution in [3.63, 3.8) is 0 Å². The summed E-state index contributed by atoms with van der Waals surface area (Å²) >= 11 is 0. The minimum atomic E-state index is -0.254. The molecular formula is C84H72. The van der Waals surface area contributed by atoms with Crippen LogP contribution in [0, 0.1) is 0 Å². The molecular weight excluding hydrogens is 1010 g/mol. The molecule has 0 aliphatic heterocycles. The fourth-order valence-electron chi connectivity index (χ4n) is 16.1. The molecule has 0 bridgehead atoms. The van der Waals surface area contributed by atoms with E-state index in [0.717, 1.165) is 0 Å². The molecule has 12 aromatic rings. The van der Waals surface area contributed by atoms with E-state index in [-0.39, 0.29) is 31.1 Å². The third-order valence-corrected chi connectivity index (χ3v) is 19.4. The third kappa shape index (κ3) is 7.87. The highest BCUT2D eigenvalue weighted by molar-refractivity contribution is 5.95. The normalized spacial score (nSPS) is 15.3. The minimum Gasteiger partial charge on any atom is -0.0776 e. The topological polar surface area (TPSA) is 0 Å². The second-order valence-corrected chi connectivity index (χ2v) is 23.6. The van der Waals surface area contributed by atoms with Gasteiger partial charge in [0, 0.05) is 10.8 Å². The van der Waals surface area contributed by atoms with Crippen molar-refractivity contribution in [1.29, 1.82) is 0 Å². The van der Waals surface area contributed by atoms with Gasteiger partial charge in [-0.25, -0.2) is 0 Å². The molecule has 1 saturated carbocycles. The first-order chi connectivity index (χ1) is 40.5. The Bertz CT molecular complexity index is 3880. The molecule has 0 radical (unpaired) electrons. The molecule has 408 valence electrons. The van der Waals surface area contributed by atoms with Crippen molar-refractivity contribution in [2.75, 3.05) is 0 Å². The molecule has 0 N–H and O–H groups in total. The van der Waals surface area contributed by atoms with Gasteiger partial charge in [0.15, 0.2) is 0 Å². The van der Waals surface area contributed by atoms with Gasteiger partial charge in [-0.15, -0.1) is 0 Å². The van der Waals surface area contributed by atoms with Crippen LogP contribution in [0.5, 0.6) is 0 Å². The second kappa shape index (κ2) is 21.4. The Hall–Kier alpha value is -9.36. The Morgan fingerprint density at radius 3 is 0.667 bits per heavy atom. The van der Waals surface area contributed by atoms with Crippen LogP contribution in [0.2, 0.25) is 0 Å². The smallest absolute Gasteiger partial charge is 0.0725 e. The first-order valence-corrected chi connectivity index (χ1v) is 29.6. The zero-order valence-corrected chi connectivity index (χ0v) is 46.7. The molecule has 84 heavy (non-hydrogen) atoms. The molecule has 0 nitrogen and oxygen atoms in total. The minimum absolute atomic E-state index is 0. The van der Waals surface area contributed by atoms with Crippen LogP contribution in [0.4, 0.5) is 0 Å². The molecule has 12 aromatic carbocycles. The average Bonchev–Trinajstić information content (AvgIpc) is 1.74. The fraction of sp³-hybridized carbons (Fsp3) is 0.143. The van der Waals surface area contributed by atoms with Gasteiger partial charge in [-0.3, -0.25) is 0 Å². The quantitative estimate of drug-likeness (QED) is 0.162. The van der Waals surface area contributed by atoms with Gasteiger partial charge in [0.2, 0.25) is 0 Å². The van der Waals surface area contributed by atoms with Gasteiger partial charge in [0.05, 0.1) is 10.8 Å². The molecule has 2 spiro atoms. The number of fused-ring (bicyclic) bond motifs is 21. The van der Waals surface area contributed by atoms with E-state index in [0.29, 0.717) is 5.41 Å². The summed E-state index contributed by atoms with van der Waals surface area (Å²) in [5.74, 6) is 0. The van der Waals surface area contributed by atoms with E-state index >= 15 is 0 Å². The van der Waals surface area contributed by atoms with Crippen molar-refractivity contribution in [3.05, 3.63) is 370 Å². The van der Waals surface area contributed by atoms with Gasteiger partial charge >= 0.3 is 0 Å². The Morgan fingerprint density at radius 1 is 0.202 bits per heavy atom. The van der Waals surface area contributed by atoms with Gasteiger partial charge in [-0.1, -0.05) is 345 Å². The van der Waals surface area contributed by atoms with Crippen LogP contribution in [0.3, 0.4) is 0 Å². The molecule has 0 unspecified atom stereocenters. The van der Waals surface area contributed by atoms with Crippen LogP contribution in [0.25, 0.3) is 55.6 Å². The molecule has 0 amide bonds. The number of benzene rings is 12. The summed E-state index contributed by atoms with van der Waals surface area (Å²) in [6.07, 6.45) is 5.42. The van der Waals surface area contributed by atoms with Crippen molar-refractivity contribution >= 4 is 0 Å². The van der Waals surface area contributed by atoms with Gasteiger partial charge < -0.3 is 0 Å². The summed E-state index contributed by atoms with van der Waals surface area (Å²) in [7, 11) is 0. The lowest BCUT2D eigenvalue weighted by atomic mass is 9.68. The lowest BCUT2D eigenvalue weighted by Crippen LogP contribution is -2.28. The molecule has 0 saturated heterocycles. The van der Waals surface area contributed by atoms with Crippen LogP contribution >= 0.6 is 0 Å². The van der Waals surface area contributed by atoms with Crippen molar-refractivity contribution in [3.8, 4) is 55.6 Å². The van der Waals surface area contributed by atoms with E-state index in [9.17, 15) is 0 Å². The van der Waals surface area contributed by atoms with Gasteiger partial charge in [0.25, 0.3) is 0 Å². The lowest BCUT2D eigenvalue weighted by molar-refractivity contribution is 0.550. The van der Waals surface area contributed by atoms with Crippen LogP contribution in [0.1, 0.15) is 121 Å². The summed E-state index contributed by atoms with van der Waals surface area (Å²) in [6, 6.07) is 111. The predicted molar refractivity (Wildman–Crippen MR) is 355 cm³/mol. The Morgan fingerprint density at radius 2 is 0.393 bits per heavy atom. The van der Waals surface area contributed by atoms with Crippen LogP contribution < -0.4 is 0 Å². The SMILES string of the molecule is C.C.CC1(C)c2ccccc2-c2ccccc21.c1ccc(C2(c3ccccc3)c3ccccc3-c3ccccc32)cc1.c1ccc2c(c1)-c1ccccc1C21CCCC1.c1ccc2c(c1)-c1ccccc1C21c2ccccc2-c2ccccc21. The van der Waals surface area contributed by atoms with E-state index in [1.54, 1.807) is 11.1 Å². The monoisotopic (exact) mass is 1080 g/mol. The van der Waals surface area contributed by atoms with Crippen LogP contribution in [-0.2, 0) is 21.7 Å². The lowest BCUT2D eigenvalue weighted by Gasteiger charge is -2.33. The van der Waals surface area contributed by atoms with Gasteiger partial charge in [0.1, 0.15) is 0 Å². The molecule has 6 aliphatic carbocycles. The van der Waals surface area contributed by atoms with Crippen LogP contribution in [0.15, 0.2) is 303 Å². The summed E-state index contributed by atoms with van der Waals surface area (Å²) in [6.45, 7) is 4.61. The van der Waals surface area contributed by atoms with E-state index in [1.165, 1.54) is 137 Å². The number of rotatable bonds is 2. The Balaban J connectivity index is 0.000000106. The zero-order chi connectivity index (χ0) is 54.9. The summed E-state index contributed by atoms with van der Waals surface area (Å²) in [4.78, 5) is 0. The molecule has 0 atom stereocenters. The molecule has 0 aromatic heterocycles. The van der Waals surface area contributed by atoms with E-state index in [2.05, 4.69) is 317 Å². The maximum Gasteiger partial charge on any atom is 0.0725 e. The molecule has 6 aliphatic rings. The first-order valence-electron chi connectivity index (χ1n) is 29.6. The average molecular weight is 1080 g/mol. The number of hydrogen-bond acceptors (Lipinski definition) is 0. The highest BCUT2D eigenvalue weighted by Gasteiger charge is 2.52. The van der Waals surface area contributed by atoms with E-state index in [1.807, 2.05) is 0 Å². The van der Waals surface area contributed by atoms with E-state index in [4.69, 9.17) is 0 Å². The van der Waals surface area contributed by atoms with Crippen molar-refractivity contribution in [2.24, 2.45) is 0 Å². The fourth-order valence-corrected chi connectivity index (χ4v) is 16.1. The third-order valence-electron chi connectivity index (χ3n) is 19.4. The summed E-state index contributed by atoms with van der Waals surface area (Å²) in [5, 5.41) is 0. The van der Waals surface area contributed by atoms with E-state index < -0.39 is 0 Å².